The summed E-state index contributed by atoms with van der Waals surface area (Å²) in [5, 5.41) is 0. The molecule has 1 aliphatic rings. The van der Waals surface area contributed by atoms with Crippen molar-refractivity contribution < 1.29 is 14.3 Å². The van der Waals surface area contributed by atoms with E-state index < -0.39 is 0 Å². The van der Waals surface area contributed by atoms with Gasteiger partial charge in [0, 0.05) is 64.2 Å². The summed E-state index contributed by atoms with van der Waals surface area (Å²) >= 11 is 0. The van der Waals surface area contributed by atoms with Crippen LogP contribution in [-0.4, -0.2) is 79.4 Å². The smallest absolute Gasteiger partial charge is 0.222 e. The maximum atomic E-state index is 12.6. The summed E-state index contributed by atoms with van der Waals surface area (Å²) < 4.78 is 5.38. The highest BCUT2D eigenvalue weighted by Crippen LogP contribution is 2.18. The van der Waals surface area contributed by atoms with Gasteiger partial charge in [0.15, 0.2) is 0 Å². The molecule has 6 heteroatoms. The molecule has 6 nitrogen and oxygen atoms in total. The fourth-order valence-corrected chi connectivity index (χ4v) is 3.51. The summed E-state index contributed by atoms with van der Waals surface area (Å²) in [5.41, 5.74) is 1.01. The number of hydrogen-bond acceptors (Lipinski definition) is 4. The number of piperazine rings is 1. The van der Waals surface area contributed by atoms with Crippen LogP contribution in [0.4, 0.5) is 0 Å². The maximum absolute atomic E-state index is 12.6. The Kier molecular flexibility index (Phi) is 9.71. The van der Waals surface area contributed by atoms with E-state index in [2.05, 4.69) is 4.90 Å². The van der Waals surface area contributed by atoms with Gasteiger partial charge in [-0.1, -0.05) is 44.2 Å². The SMILES string of the molecule is CCCC(=O)N(C/C=C/c1ccccc1OC)CCN1CCN(C(=O)CC)CC1. The summed E-state index contributed by atoms with van der Waals surface area (Å²) in [5.74, 6) is 1.25. The third-order valence-electron chi connectivity index (χ3n) is 5.29. The number of carbonyl (C=O) groups is 2. The van der Waals surface area contributed by atoms with Gasteiger partial charge < -0.3 is 14.5 Å². The van der Waals surface area contributed by atoms with Crippen LogP contribution in [0.2, 0.25) is 0 Å². The van der Waals surface area contributed by atoms with Crippen LogP contribution in [0.25, 0.3) is 6.08 Å². The van der Waals surface area contributed by atoms with Crippen molar-refractivity contribution >= 4 is 17.9 Å². The average molecular weight is 402 g/mol. The van der Waals surface area contributed by atoms with Crippen LogP contribution in [0.3, 0.4) is 0 Å². The predicted molar refractivity (Wildman–Crippen MR) is 117 cm³/mol. The van der Waals surface area contributed by atoms with E-state index in [1.807, 2.05) is 60.1 Å². The fraction of sp³-hybridized carbons (Fsp3) is 0.565. The summed E-state index contributed by atoms with van der Waals surface area (Å²) in [6.07, 6.45) is 6.03. The zero-order chi connectivity index (χ0) is 21.1. The standard InChI is InChI=1S/C23H35N3O3/c1-4-9-23(28)25(13-8-11-20-10-6-7-12-21(20)29-3)17-14-24-15-18-26(19-16-24)22(27)5-2/h6-8,10-12H,4-5,9,13-19H2,1-3H3/b11-8+. The minimum Gasteiger partial charge on any atom is -0.496 e. The number of nitrogens with zero attached hydrogens (tertiary/aromatic N) is 3. The molecule has 1 aromatic carbocycles. The number of amides is 2. The molecule has 0 unspecified atom stereocenters. The van der Waals surface area contributed by atoms with E-state index in [1.165, 1.54) is 0 Å². The van der Waals surface area contributed by atoms with Crippen LogP contribution in [0.1, 0.15) is 38.7 Å². The first kappa shape index (κ1) is 22.9. The van der Waals surface area contributed by atoms with Crippen molar-refractivity contribution in [2.24, 2.45) is 0 Å². The van der Waals surface area contributed by atoms with Crippen LogP contribution in [0.15, 0.2) is 30.3 Å². The first-order valence-corrected chi connectivity index (χ1v) is 10.7. The van der Waals surface area contributed by atoms with Gasteiger partial charge in [-0.2, -0.15) is 0 Å². The summed E-state index contributed by atoms with van der Waals surface area (Å²) in [6.45, 7) is 9.38. The van der Waals surface area contributed by atoms with E-state index in [1.54, 1.807) is 7.11 Å². The molecule has 1 heterocycles. The highest BCUT2D eigenvalue weighted by Gasteiger charge is 2.20. The lowest BCUT2D eigenvalue weighted by atomic mass is 10.2. The van der Waals surface area contributed by atoms with Gasteiger partial charge in [0.25, 0.3) is 0 Å². The van der Waals surface area contributed by atoms with E-state index >= 15 is 0 Å². The molecule has 0 aliphatic carbocycles. The van der Waals surface area contributed by atoms with Crippen molar-refractivity contribution in [1.82, 2.24) is 14.7 Å². The van der Waals surface area contributed by atoms with Crippen LogP contribution >= 0.6 is 0 Å². The molecule has 0 spiro atoms. The molecule has 0 radical (unpaired) electrons. The van der Waals surface area contributed by atoms with E-state index in [0.29, 0.717) is 25.9 Å². The lowest BCUT2D eigenvalue weighted by Crippen LogP contribution is -2.50. The molecule has 0 N–H and O–H groups in total. The fourth-order valence-electron chi connectivity index (χ4n) is 3.51. The molecule has 160 valence electrons. The van der Waals surface area contributed by atoms with Gasteiger partial charge in [-0.15, -0.1) is 0 Å². The van der Waals surface area contributed by atoms with E-state index in [4.69, 9.17) is 4.74 Å². The maximum Gasteiger partial charge on any atom is 0.222 e. The van der Waals surface area contributed by atoms with Crippen LogP contribution in [0, 0.1) is 0 Å². The topological polar surface area (TPSA) is 53.1 Å². The van der Waals surface area contributed by atoms with Crippen LogP contribution in [-0.2, 0) is 9.59 Å². The third-order valence-corrected chi connectivity index (χ3v) is 5.29. The Morgan fingerprint density at radius 2 is 1.86 bits per heavy atom. The Labute approximate surface area is 175 Å². The number of hydrogen-bond donors (Lipinski definition) is 0. The molecular formula is C23H35N3O3. The molecule has 0 bridgehead atoms. The first-order valence-electron chi connectivity index (χ1n) is 10.7. The summed E-state index contributed by atoms with van der Waals surface area (Å²) in [4.78, 5) is 30.6. The largest absolute Gasteiger partial charge is 0.496 e. The summed E-state index contributed by atoms with van der Waals surface area (Å²) in [7, 11) is 1.66. The first-order chi connectivity index (χ1) is 14.1. The molecule has 0 aromatic heterocycles. The molecule has 29 heavy (non-hydrogen) atoms. The number of rotatable bonds is 10. The van der Waals surface area contributed by atoms with Crippen molar-refractivity contribution in [3.8, 4) is 5.75 Å². The zero-order valence-electron chi connectivity index (χ0n) is 18.1. The lowest BCUT2D eigenvalue weighted by molar-refractivity contribution is -0.132. The number of methoxy groups -OCH3 is 1. The van der Waals surface area contributed by atoms with Gasteiger partial charge in [0.2, 0.25) is 11.8 Å². The highest BCUT2D eigenvalue weighted by atomic mass is 16.5. The zero-order valence-corrected chi connectivity index (χ0v) is 18.1. The van der Waals surface area contributed by atoms with Crippen molar-refractivity contribution in [2.45, 2.75) is 33.1 Å². The van der Waals surface area contributed by atoms with Crippen molar-refractivity contribution in [3.63, 3.8) is 0 Å². The molecule has 1 aromatic rings. The Balaban J connectivity index is 1.89. The predicted octanol–water partition coefficient (Wildman–Crippen LogP) is 2.89. The Morgan fingerprint density at radius 3 is 2.52 bits per heavy atom. The molecule has 2 rings (SSSR count). The van der Waals surface area contributed by atoms with Crippen LogP contribution < -0.4 is 4.74 Å². The normalized spacial score (nSPS) is 14.9. The Hall–Kier alpha value is -2.34. The number of ether oxygens (including phenoxy) is 1. The van der Waals surface area contributed by atoms with Gasteiger partial charge in [-0.3, -0.25) is 14.5 Å². The minimum atomic E-state index is 0.192. The van der Waals surface area contributed by atoms with E-state index in [0.717, 1.165) is 50.5 Å². The van der Waals surface area contributed by atoms with Gasteiger partial charge in [-0.05, 0) is 12.5 Å². The number of para-hydroxylation sites is 1. The minimum absolute atomic E-state index is 0.192. The molecule has 1 aliphatic heterocycles. The average Bonchev–Trinajstić information content (AvgIpc) is 2.76. The second-order valence-corrected chi connectivity index (χ2v) is 7.31. The Bertz CT molecular complexity index is 682. The van der Waals surface area contributed by atoms with Gasteiger partial charge in [0.05, 0.1) is 7.11 Å². The second kappa shape index (κ2) is 12.3. The molecule has 0 saturated carbocycles. The molecular weight excluding hydrogens is 366 g/mol. The molecule has 0 atom stereocenters. The molecule has 2 amide bonds. The van der Waals surface area contributed by atoms with Crippen molar-refractivity contribution in [2.75, 3.05) is 52.9 Å². The van der Waals surface area contributed by atoms with E-state index in [-0.39, 0.29) is 11.8 Å². The van der Waals surface area contributed by atoms with Gasteiger partial charge in [-0.25, -0.2) is 0 Å². The second-order valence-electron chi connectivity index (χ2n) is 7.31. The highest BCUT2D eigenvalue weighted by molar-refractivity contribution is 5.76. The van der Waals surface area contributed by atoms with Gasteiger partial charge >= 0.3 is 0 Å². The number of benzene rings is 1. The number of carbonyl (C=O) groups excluding carboxylic acids is 2. The van der Waals surface area contributed by atoms with Gasteiger partial charge in [0.1, 0.15) is 5.75 Å². The van der Waals surface area contributed by atoms with Crippen molar-refractivity contribution in [1.29, 1.82) is 0 Å². The van der Waals surface area contributed by atoms with Crippen molar-refractivity contribution in [3.05, 3.63) is 35.9 Å². The monoisotopic (exact) mass is 401 g/mol. The third kappa shape index (κ3) is 7.20. The summed E-state index contributed by atoms with van der Waals surface area (Å²) in [6, 6.07) is 7.86. The van der Waals surface area contributed by atoms with Crippen LogP contribution in [0.5, 0.6) is 5.75 Å². The van der Waals surface area contributed by atoms with E-state index in [9.17, 15) is 9.59 Å². The molecule has 1 fully saturated rings. The molecule has 1 saturated heterocycles. The quantitative estimate of drug-likeness (QED) is 0.605. The Morgan fingerprint density at radius 1 is 1.14 bits per heavy atom. The lowest BCUT2D eigenvalue weighted by Gasteiger charge is -2.35.